The minimum atomic E-state index is -0.787. The molecule has 18 heavy (non-hydrogen) atoms. The summed E-state index contributed by atoms with van der Waals surface area (Å²) >= 11 is 0. The van der Waals surface area contributed by atoms with E-state index in [-0.39, 0.29) is 17.2 Å². The van der Waals surface area contributed by atoms with Gasteiger partial charge < -0.3 is 10.2 Å². The van der Waals surface area contributed by atoms with E-state index in [1.165, 1.54) is 12.8 Å². The highest BCUT2D eigenvalue weighted by atomic mass is 32.2. The third-order valence-electron chi connectivity index (χ3n) is 3.92. The summed E-state index contributed by atoms with van der Waals surface area (Å²) in [5.41, 5.74) is 0. The van der Waals surface area contributed by atoms with Crippen LogP contribution in [0.5, 0.6) is 0 Å². The van der Waals surface area contributed by atoms with Gasteiger partial charge in [0.2, 0.25) is 5.91 Å². The molecule has 0 aromatic carbocycles. The van der Waals surface area contributed by atoms with Crippen molar-refractivity contribution in [2.75, 3.05) is 19.3 Å². The third-order valence-corrected chi connectivity index (χ3v) is 5.29. The Balaban J connectivity index is 1.80. The Kier molecular flexibility index (Phi) is 4.78. The maximum Gasteiger partial charge on any atom is 0.239 e. The molecule has 5 heteroatoms. The Hall–Kier alpha value is -0.420. The Morgan fingerprint density at radius 2 is 2.17 bits per heavy atom. The van der Waals surface area contributed by atoms with Crippen molar-refractivity contribution in [3.63, 3.8) is 0 Å². The predicted octanol–water partition coefficient (Wildman–Crippen LogP) is 0.887. The van der Waals surface area contributed by atoms with Gasteiger partial charge in [-0.05, 0) is 32.1 Å². The van der Waals surface area contributed by atoms with Crippen LogP contribution in [-0.2, 0) is 15.6 Å². The normalized spacial score (nSPS) is 28.2. The summed E-state index contributed by atoms with van der Waals surface area (Å²) < 4.78 is 11.3. The number of carbonyl (C=O) groups is 1. The number of piperidine rings is 1. The van der Waals surface area contributed by atoms with Crippen LogP contribution in [0.4, 0.5) is 0 Å². The highest BCUT2D eigenvalue weighted by Gasteiger charge is 2.33. The Morgan fingerprint density at radius 3 is 2.78 bits per heavy atom. The molecule has 1 N–H and O–H groups in total. The van der Waals surface area contributed by atoms with E-state index in [0.717, 1.165) is 32.4 Å². The van der Waals surface area contributed by atoms with E-state index < -0.39 is 10.8 Å². The highest BCUT2D eigenvalue weighted by molar-refractivity contribution is 7.84. The van der Waals surface area contributed by atoms with Crippen molar-refractivity contribution in [1.82, 2.24) is 10.2 Å². The average molecular weight is 272 g/mol. The third kappa shape index (κ3) is 3.79. The first kappa shape index (κ1) is 14.0. The zero-order chi connectivity index (χ0) is 13.1. The standard InChI is InChI=1S/C13H24N2O2S/c1-10(18(2)17)7-9-15-8-3-4-12(13(15)16)14-11-5-6-11/h10-12,14H,3-9H2,1-2H3. The SMILES string of the molecule is CC(CCN1CCCC(NC2CC2)C1=O)S(C)=O. The molecule has 1 saturated carbocycles. The number of nitrogens with one attached hydrogen (secondary N) is 1. The van der Waals surface area contributed by atoms with Crippen molar-refractivity contribution in [3.8, 4) is 0 Å². The van der Waals surface area contributed by atoms with Gasteiger partial charge in [-0.25, -0.2) is 0 Å². The number of rotatable bonds is 6. The van der Waals surface area contributed by atoms with Gasteiger partial charge in [0.25, 0.3) is 0 Å². The number of carbonyl (C=O) groups excluding carboxylic acids is 1. The number of nitrogens with zero attached hydrogens (tertiary/aromatic N) is 1. The molecular weight excluding hydrogens is 248 g/mol. The highest BCUT2D eigenvalue weighted by Crippen LogP contribution is 2.22. The molecule has 0 aromatic heterocycles. The molecule has 0 aromatic rings. The zero-order valence-corrected chi connectivity index (χ0v) is 12.2. The minimum absolute atomic E-state index is 0.0358. The summed E-state index contributed by atoms with van der Waals surface area (Å²) in [7, 11) is -0.787. The first-order valence-electron chi connectivity index (χ1n) is 6.95. The van der Waals surface area contributed by atoms with Crippen LogP contribution < -0.4 is 5.32 Å². The van der Waals surface area contributed by atoms with Crippen LogP contribution in [0.25, 0.3) is 0 Å². The Bertz CT molecular complexity index is 331. The quantitative estimate of drug-likeness (QED) is 0.781. The van der Waals surface area contributed by atoms with Crippen molar-refractivity contribution >= 4 is 16.7 Å². The van der Waals surface area contributed by atoms with Crippen molar-refractivity contribution in [1.29, 1.82) is 0 Å². The summed E-state index contributed by atoms with van der Waals surface area (Å²) in [5, 5.41) is 3.61. The van der Waals surface area contributed by atoms with Crippen LogP contribution in [0.3, 0.4) is 0 Å². The Labute approximate surface area is 112 Å². The average Bonchev–Trinajstić information content (AvgIpc) is 3.13. The molecule has 1 aliphatic carbocycles. The van der Waals surface area contributed by atoms with Gasteiger partial charge in [-0.2, -0.15) is 0 Å². The van der Waals surface area contributed by atoms with Gasteiger partial charge in [0.15, 0.2) is 0 Å². The second kappa shape index (κ2) is 6.15. The number of hydrogen-bond donors (Lipinski definition) is 1. The zero-order valence-electron chi connectivity index (χ0n) is 11.4. The number of hydrogen-bond acceptors (Lipinski definition) is 3. The smallest absolute Gasteiger partial charge is 0.239 e. The predicted molar refractivity (Wildman–Crippen MR) is 73.9 cm³/mol. The molecule has 1 heterocycles. The lowest BCUT2D eigenvalue weighted by Gasteiger charge is -2.33. The monoisotopic (exact) mass is 272 g/mol. The molecular formula is C13H24N2O2S. The molecule has 0 bridgehead atoms. The van der Waals surface area contributed by atoms with Crippen LogP contribution in [0.15, 0.2) is 0 Å². The van der Waals surface area contributed by atoms with E-state index >= 15 is 0 Å². The molecule has 1 aliphatic heterocycles. The van der Waals surface area contributed by atoms with E-state index in [4.69, 9.17) is 0 Å². The molecule has 1 saturated heterocycles. The fourth-order valence-corrected chi connectivity index (χ4v) is 2.79. The Morgan fingerprint density at radius 1 is 1.44 bits per heavy atom. The van der Waals surface area contributed by atoms with Crippen molar-refractivity contribution in [2.24, 2.45) is 0 Å². The van der Waals surface area contributed by atoms with Crippen LogP contribution in [0.2, 0.25) is 0 Å². The molecule has 2 rings (SSSR count). The van der Waals surface area contributed by atoms with E-state index in [0.29, 0.717) is 6.04 Å². The molecule has 3 unspecified atom stereocenters. The van der Waals surface area contributed by atoms with Gasteiger partial charge in [0, 0.05) is 41.4 Å². The second-order valence-electron chi connectivity index (χ2n) is 5.56. The fraction of sp³-hybridized carbons (Fsp3) is 0.923. The maximum atomic E-state index is 12.3. The second-order valence-corrected chi connectivity index (χ2v) is 7.36. The van der Waals surface area contributed by atoms with Crippen LogP contribution >= 0.6 is 0 Å². The molecule has 4 nitrogen and oxygen atoms in total. The first-order chi connectivity index (χ1) is 8.58. The van der Waals surface area contributed by atoms with E-state index in [1.807, 2.05) is 11.8 Å². The van der Waals surface area contributed by atoms with Crippen molar-refractivity contribution in [2.45, 2.75) is 56.4 Å². The summed E-state index contributed by atoms with van der Waals surface area (Å²) in [4.78, 5) is 14.2. The summed E-state index contributed by atoms with van der Waals surface area (Å²) in [6, 6.07) is 0.620. The molecule has 1 amide bonds. The van der Waals surface area contributed by atoms with Gasteiger partial charge in [0.1, 0.15) is 0 Å². The molecule has 104 valence electrons. The first-order valence-corrected chi connectivity index (χ1v) is 8.57. The lowest BCUT2D eigenvalue weighted by atomic mass is 10.0. The molecule has 0 radical (unpaired) electrons. The summed E-state index contributed by atoms with van der Waals surface area (Å²) in [6.07, 6.45) is 7.07. The molecule has 0 spiro atoms. The van der Waals surface area contributed by atoms with Crippen molar-refractivity contribution in [3.05, 3.63) is 0 Å². The van der Waals surface area contributed by atoms with Gasteiger partial charge in [-0.1, -0.05) is 6.92 Å². The molecule has 3 atom stereocenters. The molecule has 2 fully saturated rings. The van der Waals surface area contributed by atoms with Gasteiger partial charge in [0.05, 0.1) is 6.04 Å². The van der Waals surface area contributed by atoms with Crippen LogP contribution in [0.1, 0.15) is 39.0 Å². The van der Waals surface area contributed by atoms with Crippen molar-refractivity contribution < 1.29 is 9.00 Å². The summed E-state index contributed by atoms with van der Waals surface area (Å²) in [5.74, 6) is 0.252. The molecule has 2 aliphatic rings. The van der Waals surface area contributed by atoms with Gasteiger partial charge >= 0.3 is 0 Å². The van der Waals surface area contributed by atoms with Crippen LogP contribution in [0, 0.1) is 0 Å². The van der Waals surface area contributed by atoms with Gasteiger partial charge in [-0.3, -0.25) is 9.00 Å². The van der Waals surface area contributed by atoms with E-state index in [2.05, 4.69) is 5.32 Å². The maximum absolute atomic E-state index is 12.3. The fourth-order valence-electron chi connectivity index (χ4n) is 2.36. The van der Waals surface area contributed by atoms with E-state index in [1.54, 1.807) is 6.26 Å². The van der Waals surface area contributed by atoms with E-state index in [9.17, 15) is 9.00 Å². The number of likely N-dealkylation sites (tertiary alicyclic amines) is 1. The van der Waals surface area contributed by atoms with Crippen LogP contribution in [-0.4, -0.2) is 51.7 Å². The summed E-state index contributed by atoms with van der Waals surface area (Å²) in [6.45, 7) is 3.61. The topological polar surface area (TPSA) is 49.4 Å². The largest absolute Gasteiger partial charge is 0.341 e. The lowest BCUT2D eigenvalue weighted by Crippen LogP contribution is -2.51. The van der Waals surface area contributed by atoms with Gasteiger partial charge in [-0.15, -0.1) is 0 Å². The lowest BCUT2D eigenvalue weighted by molar-refractivity contribution is -0.136. The number of amides is 1. The minimum Gasteiger partial charge on any atom is -0.341 e.